The Balaban J connectivity index is 1.36. The number of nitrogens with zero attached hydrogens (tertiary/aromatic N) is 2. The molecule has 2 aromatic carbocycles. The van der Waals surface area contributed by atoms with Gasteiger partial charge in [0.25, 0.3) is 5.56 Å². The van der Waals surface area contributed by atoms with Crippen molar-refractivity contribution in [3.63, 3.8) is 0 Å². The van der Waals surface area contributed by atoms with E-state index in [1.54, 1.807) is 0 Å². The fourth-order valence-electron chi connectivity index (χ4n) is 4.87. The number of H-pyrrole nitrogens is 1. The SMILES string of the molecule is O=C1CC(Nc2nc(NC3CCCNC3)c(-c3nc4ccccc4s3)c(=O)[nH]2)Cc2ccccc2N1. The van der Waals surface area contributed by atoms with Crippen LogP contribution in [0.1, 0.15) is 24.8 Å². The van der Waals surface area contributed by atoms with Crippen molar-refractivity contribution in [2.45, 2.75) is 37.8 Å². The number of amides is 1. The Kier molecular flexibility index (Phi) is 6.12. The maximum Gasteiger partial charge on any atom is 0.264 e. The van der Waals surface area contributed by atoms with Gasteiger partial charge in [-0.05, 0) is 49.6 Å². The number of fused-ring (bicyclic) bond motifs is 2. The fourth-order valence-corrected chi connectivity index (χ4v) is 5.88. The van der Waals surface area contributed by atoms with Gasteiger partial charge in [-0.15, -0.1) is 11.3 Å². The quantitative estimate of drug-likeness (QED) is 0.283. The highest BCUT2D eigenvalue weighted by atomic mass is 32.1. The van der Waals surface area contributed by atoms with E-state index in [0.717, 1.165) is 47.4 Å². The van der Waals surface area contributed by atoms with Crippen LogP contribution in [0.25, 0.3) is 20.8 Å². The molecule has 0 aliphatic carbocycles. The van der Waals surface area contributed by atoms with Gasteiger partial charge in [-0.3, -0.25) is 14.6 Å². The molecule has 9 nitrogen and oxygen atoms in total. The zero-order valence-corrected chi connectivity index (χ0v) is 20.5. The molecule has 4 aromatic rings. The van der Waals surface area contributed by atoms with Gasteiger partial charge in [0.05, 0.1) is 10.2 Å². The largest absolute Gasteiger partial charge is 0.365 e. The van der Waals surface area contributed by atoms with Gasteiger partial charge in [-0.25, -0.2) is 4.98 Å². The Bertz CT molecular complexity index is 1440. The van der Waals surface area contributed by atoms with Crippen molar-refractivity contribution in [2.75, 3.05) is 29.0 Å². The number of hydrogen-bond donors (Lipinski definition) is 5. The molecule has 6 rings (SSSR count). The van der Waals surface area contributed by atoms with E-state index in [1.165, 1.54) is 11.3 Å². The van der Waals surface area contributed by atoms with Crippen LogP contribution in [0.3, 0.4) is 0 Å². The monoisotopic (exact) mass is 501 g/mol. The van der Waals surface area contributed by atoms with E-state index < -0.39 is 0 Å². The average Bonchev–Trinajstić information content (AvgIpc) is 3.21. The average molecular weight is 502 g/mol. The molecule has 5 N–H and O–H groups in total. The van der Waals surface area contributed by atoms with Gasteiger partial charge in [0.2, 0.25) is 11.9 Å². The van der Waals surface area contributed by atoms with E-state index in [1.807, 2.05) is 48.5 Å². The lowest BCUT2D eigenvalue weighted by Crippen LogP contribution is -2.39. The van der Waals surface area contributed by atoms with Crippen molar-refractivity contribution < 1.29 is 4.79 Å². The maximum atomic E-state index is 13.4. The summed E-state index contributed by atoms with van der Waals surface area (Å²) in [6, 6.07) is 15.6. The minimum Gasteiger partial charge on any atom is -0.365 e. The van der Waals surface area contributed by atoms with Crippen molar-refractivity contribution in [1.29, 1.82) is 0 Å². The van der Waals surface area contributed by atoms with E-state index in [4.69, 9.17) is 9.97 Å². The molecule has 0 radical (unpaired) electrons. The van der Waals surface area contributed by atoms with Crippen LogP contribution in [-0.4, -0.2) is 46.0 Å². The third-order valence-corrected chi connectivity index (χ3v) is 7.65. The third kappa shape index (κ3) is 4.69. The standard InChI is InChI=1S/C26H27N7O2S/c34-21-13-17(12-15-6-1-2-8-18(15)30-21)29-26-32-23(28-16-7-5-11-27-14-16)22(24(35)33-26)25-31-19-9-3-4-10-20(19)36-25/h1-4,6,8-10,16-17,27H,5,7,11-14H2,(H,30,34)(H3,28,29,32,33,35). The molecule has 1 amide bonds. The van der Waals surface area contributed by atoms with Gasteiger partial charge in [0.15, 0.2) is 0 Å². The summed E-state index contributed by atoms with van der Waals surface area (Å²) in [4.78, 5) is 38.4. The Hall–Kier alpha value is -3.76. The molecular formula is C26H27N7O2S. The number of hydrogen-bond acceptors (Lipinski definition) is 8. The molecule has 1 fully saturated rings. The van der Waals surface area contributed by atoms with E-state index in [-0.39, 0.29) is 30.0 Å². The number of aromatic amines is 1. The molecule has 0 spiro atoms. The molecule has 2 atom stereocenters. The Morgan fingerprint density at radius 2 is 1.81 bits per heavy atom. The van der Waals surface area contributed by atoms with Gasteiger partial charge >= 0.3 is 0 Å². The molecule has 0 saturated carbocycles. The number of thiazole rings is 1. The zero-order valence-electron chi connectivity index (χ0n) is 19.6. The lowest BCUT2D eigenvalue weighted by Gasteiger charge is -2.25. The molecule has 2 aliphatic rings. The predicted molar refractivity (Wildman–Crippen MR) is 144 cm³/mol. The van der Waals surface area contributed by atoms with E-state index in [0.29, 0.717) is 28.8 Å². The summed E-state index contributed by atoms with van der Waals surface area (Å²) in [5.41, 5.74) is 2.90. The number of para-hydroxylation sites is 2. The van der Waals surface area contributed by atoms with Crippen LogP contribution < -0.4 is 26.8 Å². The first-order valence-electron chi connectivity index (χ1n) is 12.2. The molecule has 10 heteroatoms. The van der Waals surface area contributed by atoms with Gasteiger partial charge in [-0.2, -0.15) is 4.98 Å². The first-order valence-corrected chi connectivity index (χ1v) is 13.1. The van der Waals surface area contributed by atoms with Crippen LogP contribution in [-0.2, 0) is 11.2 Å². The summed E-state index contributed by atoms with van der Waals surface area (Å²) >= 11 is 1.48. The van der Waals surface area contributed by atoms with Gasteiger partial charge < -0.3 is 21.3 Å². The highest BCUT2D eigenvalue weighted by molar-refractivity contribution is 7.21. The number of carbonyl (C=O) groups excluding carboxylic acids is 1. The number of benzene rings is 2. The minimum absolute atomic E-state index is 0.0717. The van der Waals surface area contributed by atoms with Crippen LogP contribution in [0.5, 0.6) is 0 Å². The highest BCUT2D eigenvalue weighted by Crippen LogP contribution is 2.32. The van der Waals surface area contributed by atoms with Gasteiger partial charge in [0, 0.05) is 30.7 Å². The van der Waals surface area contributed by atoms with Crippen molar-refractivity contribution in [3.05, 3.63) is 64.4 Å². The lowest BCUT2D eigenvalue weighted by molar-refractivity contribution is -0.116. The van der Waals surface area contributed by atoms with Crippen molar-refractivity contribution >= 4 is 44.9 Å². The topological polar surface area (TPSA) is 124 Å². The van der Waals surface area contributed by atoms with Crippen LogP contribution in [0.2, 0.25) is 0 Å². The summed E-state index contributed by atoms with van der Waals surface area (Å²) in [5.74, 6) is 0.776. The number of nitrogens with one attached hydrogen (secondary N) is 5. The summed E-state index contributed by atoms with van der Waals surface area (Å²) < 4.78 is 1.02. The normalized spacial score (nSPS) is 19.8. The lowest BCUT2D eigenvalue weighted by atomic mass is 10.0. The second kappa shape index (κ2) is 9.71. The number of aromatic nitrogens is 3. The Labute approximate surface area is 211 Å². The summed E-state index contributed by atoms with van der Waals surface area (Å²) in [6.07, 6.45) is 2.95. The zero-order chi connectivity index (χ0) is 24.5. The summed E-state index contributed by atoms with van der Waals surface area (Å²) in [6.45, 7) is 1.79. The van der Waals surface area contributed by atoms with E-state index in [9.17, 15) is 9.59 Å². The molecule has 4 heterocycles. The number of carbonyl (C=O) groups is 1. The highest BCUT2D eigenvalue weighted by Gasteiger charge is 2.25. The smallest absolute Gasteiger partial charge is 0.264 e. The van der Waals surface area contributed by atoms with Crippen LogP contribution in [0, 0.1) is 0 Å². The van der Waals surface area contributed by atoms with Crippen LogP contribution in [0.15, 0.2) is 53.3 Å². The molecule has 184 valence electrons. The Morgan fingerprint density at radius 3 is 2.67 bits per heavy atom. The molecule has 2 unspecified atom stereocenters. The third-order valence-electron chi connectivity index (χ3n) is 6.60. The molecule has 2 aromatic heterocycles. The van der Waals surface area contributed by atoms with Crippen molar-refractivity contribution in [1.82, 2.24) is 20.3 Å². The van der Waals surface area contributed by atoms with E-state index in [2.05, 4.69) is 26.3 Å². The number of anilines is 3. The molecule has 1 saturated heterocycles. The Morgan fingerprint density at radius 1 is 0.944 bits per heavy atom. The van der Waals surface area contributed by atoms with Crippen LogP contribution in [0.4, 0.5) is 17.5 Å². The number of rotatable bonds is 5. The summed E-state index contributed by atoms with van der Waals surface area (Å²) in [5, 5.41) is 13.8. The van der Waals surface area contributed by atoms with E-state index >= 15 is 0 Å². The second-order valence-electron chi connectivity index (χ2n) is 9.27. The second-order valence-corrected chi connectivity index (χ2v) is 10.3. The first-order chi connectivity index (χ1) is 17.6. The molecule has 36 heavy (non-hydrogen) atoms. The fraction of sp³-hybridized carbons (Fsp3) is 0.308. The molecule has 0 bridgehead atoms. The predicted octanol–water partition coefficient (Wildman–Crippen LogP) is 3.58. The molecular weight excluding hydrogens is 474 g/mol. The first kappa shape index (κ1) is 22.7. The maximum absolute atomic E-state index is 13.4. The number of piperidine rings is 1. The van der Waals surface area contributed by atoms with Crippen molar-refractivity contribution in [3.8, 4) is 10.6 Å². The minimum atomic E-state index is -0.267. The summed E-state index contributed by atoms with van der Waals surface area (Å²) in [7, 11) is 0. The van der Waals surface area contributed by atoms with Gasteiger partial charge in [-0.1, -0.05) is 30.3 Å². The molecule has 2 aliphatic heterocycles. The van der Waals surface area contributed by atoms with Crippen LogP contribution >= 0.6 is 11.3 Å². The van der Waals surface area contributed by atoms with Crippen molar-refractivity contribution in [2.24, 2.45) is 0 Å². The van der Waals surface area contributed by atoms with Gasteiger partial charge in [0.1, 0.15) is 16.4 Å².